The van der Waals surface area contributed by atoms with E-state index in [9.17, 15) is 14.0 Å². The number of likely N-dealkylation sites (tertiary alicyclic amines) is 1. The van der Waals surface area contributed by atoms with Crippen molar-refractivity contribution in [2.45, 2.75) is 33.6 Å². The van der Waals surface area contributed by atoms with Crippen LogP contribution in [0.15, 0.2) is 48.5 Å². The number of hydrogen-bond donors (Lipinski definition) is 0. The first-order chi connectivity index (χ1) is 14.0. The van der Waals surface area contributed by atoms with E-state index in [4.69, 9.17) is 0 Å². The van der Waals surface area contributed by atoms with Crippen LogP contribution in [0.2, 0.25) is 0 Å². The van der Waals surface area contributed by atoms with Crippen molar-refractivity contribution in [2.75, 3.05) is 27.2 Å². The molecule has 1 heterocycles. The number of carbonyl (C=O) groups excluding carboxylic acids is 2. The molecule has 0 radical (unpaired) electrons. The zero-order chi connectivity index (χ0) is 22.1. The lowest BCUT2D eigenvalue weighted by atomic mass is 9.79. The van der Waals surface area contributed by atoms with Crippen LogP contribution < -0.4 is 0 Å². The molecule has 4 nitrogen and oxygen atoms in total. The van der Waals surface area contributed by atoms with Crippen LogP contribution in [0.1, 0.15) is 32.8 Å². The first-order valence-electron chi connectivity index (χ1n) is 10.4. The highest BCUT2D eigenvalue weighted by molar-refractivity contribution is 5.87. The molecule has 2 aromatic carbocycles. The normalized spacial score (nSPS) is 19.1. The Morgan fingerprint density at radius 1 is 1.07 bits per heavy atom. The molecule has 3 rings (SSSR count). The maximum Gasteiger partial charge on any atom is 0.230 e. The van der Waals surface area contributed by atoms with E-state index in [2.05, 4.69) is 6.07 Å². The third-order valence-electron chi connectivity index (χ3n) is 5.79. The van der Waals surface area contributed by atoms with Gasteiger partial charge < -0.3 is 9.80 Å². The van der Waals surface area contributed by atoms with E-state index in [0.717, 1.165) is 16.7 Å². The summed E-state index contributed by atoms with van der Waals surface area (Å²) < 4.78 is 13.3. The number of carbonyl (C=O) groups is 2. The monoisotopic (exact) mass is 410 g/mol. The van der Waals surface area contributed by atoms with E-state index in [1.807, 2.05) is 43.9 Å². The fraction of sp³-hybridized carbons (Fsp3) is 0.440. The van der Waals surface area contributed by atoms with Gasteiger partial charge >= 0.3 is 0 Å². The summed E-state index contributed by atoms with van der Waals surface area (Å²) in [6.07, 6.45) is 1.21. The molecular formula is C25H31FN2O2. The smallest absolute Gasteiger partial charge is 0.230 e. The number of nitrogens with zero attached hydrogens (tertiary/aromatic N) is 2. The molecule has 0 bridgehead atoms. The van der Waals surface area contributed by atoms with E-state index in [0.29, 0.717) is 25.9 Å². The summed E-state index contributed by atoms with van der Waals surface area (Å²) in [7, 11) is 3.54. The highest BCUT2D eigenvalue weighted by atomic mass is 19.1. The van der Waals surface area contributed by atoms with Crippen molar-refractivity contribution < 1.29 is 14.0 Å². The van der Waals surface area contributed by atoms with Gasteiger partial charge in [0, 0.05) is 32.6 Å². The van der Waals surface area contributed by atoms with Crippen LogP contribution >= 0.6 is 0 Å². The Balaban J connectivity index is 1.90. The molecule has 30 heavy (non-hydrogen) atoms. The molecule has 0 spiro atoms. The van der Waals surface area contributed by atoms with Crippen LogP contribution in [0, 0.1) is 16.6 Å². The first-order valence-corrected chi connectivity index (χ1v) is 10.4. The number of benzene rings is 2. The highest BCUT2D eigenvalue weighted by Crippen LogP contribution is 2.38. The molecule has 5 heteroatoms. The summed E-state index contributed by atoms with van der Waals surface area (Å²) in [5.41, 5.74) is 1.85. The molecule has 0 aromatic heterocycles. The van der Waals surface area contributed by atoms with Gasteiger partial charge in [-0.1, -0.05) is 57.2 Å². The summed E-state index contributed by atoms with van der Waals surface area (Å²) in [5.74, 6) is -0.130. The van der Waals surface area contributed by atoms with Gasteiger partial charge in [-0.3, -0.25) is 9.59 Å². The largest absolute Gasteiger partial charge is 0.348 e. The standard InChI is InChI=1S/C25H31FN2O2/c1-24(2,3)22(29)28-14-13-25(17-28,23(30)27(4)5)16-18-7-6-8-20(15-18)19-9-11-21(26)12-10-19/h6-12,15H,13-14,16-17H2,1-5H3/t25-/m1/s1. The second-order valence-electron chi connectivity index (χ2n) is 9.59. The second kappa shape index (κ2) is 8.21. The number of amides is 2. The Hall–Kier alpha value is -2.69. The van der Waals surface area contributed by atoms with Gasteiger partial charge in [-0.05, 0) is 41.7 Å². The molecule has 1 aliphatic rings. The Morgan fingerprint density at radius 2 is 1.73 bits per heavy atom. The average molecular weight is 411 g/mol. The Kier molecular flexibility index (Phi) is 6.02. The molecule has 160 valence electrons. The molecule has 1 atom stereocenters. The van der Waals surface area contributed by atoms with Gasteiger partial charge in [-0.25, -0.2) is 4.39 Å². The lowest BCUT2D eigenvalue weighted by molar-refractivity contribution is -0.142. The van der Waals surface area contributed by atoms with E-state index in [1.54, 1.807) is 31.1 Å². The van der Waals surface area contributed by atoms with Crippen LogP contribution in [-0.4, -0.2) is 48.8 Å². The van der Waals surface area contributed by atoms with Crippen molar-refractivity contribution in [2.24, 2.45) is 10.8 Å². The van der Waals surface area contributed by atoms with Gasteiger partial charge in [0.2, 0.25) is 11.8 Å². The van der Waals surface area contributed by atoms with Gasteiger partial charge in [-0.2, -0.15) is 0 Å². The van der Waals surface area contributed by atoms with Gasteiger partial charge in [0.25, 0.3) is 0 Å². The Labute approximate surface area is 178 Å². The SMILES string of the molecule is CN(C)C(=O)[C@@]1(Cc2cccc(-c3ccc(F)cc3)c2)CCN(C(=O)C(C)(C)C)C1. The predicted molar refractivity (Wildman–Crippen MR) is 117 cm³/mol. The number of hydrogen-bond acceptors (Lipinski definition) is 2. The minimum Gasteiger partial charge on any atom is -0.348 e. The second-order valence-corrected chi connectivity index (χ2v) is 9.59. The fourth-order valence-electron chi connectivity index (χ4n) is 4.28. The zero-order valence-corrected chi connectivity index (χ0v) is 18.5. The molecule has 0 saturated carbocycles. The van der Waals surface area contributed by atoms with E-state index < -0.39 is 10.8 Å². The molecule has 1 fully saturated rings. The summed E-state index contributed by atoms with van der Waals surface area (Å²) >= 11 is 0. The quantitative estimate of drug-likeness (QED) is 0.750. The van der Waals surface area contributed by atoms with Crippen LogP contribution in [-0.2, 0) is 16.0 Å². The van der Waals surface area contributed by atoms with E-state index in [1.165, 1.54) is 12.1 Å². The first kappa shape index (κ1) is 22.0. The predicted octanol–water partition coefficient (Wildman–Crippen LogP) is 4.39. The van der Waals surface area contributed by atoms with Gasteiger partial charge in [-0.15, -0.1) is 0 Å². The summed E-state index contributed by atoms with van der Waals surface area (Å²) in [4.78, 5) is 29.5. The molecule has 2 aromatic rings. The number of halogens is 1. The summed E-state index contributed by atoms with van der Waals surface area (Å²) in [5, 5.41) is 0. The molecule has 2 amide bonds. The molecule has 1 saturated heterocycles. The van der Waals surface area contributed by atoms with Crippen molar-refractivity contribution in [1.82, 2.24) is 9.80 Å². The summed E-state index contributed by atoms with van der Waals surface area (Å²) in [6, 6.07) is 14.5. The minimum atomic E-state index is -0.633. The van der Waals surface area contributed by atoms with E-state index >= 15 is 0 Å². The maximum atomic E-state index is 13.3. The van der Waals surface area contributed by atoms with Crippen molar-refractivity contribution in [3.05, 3.63) is 59.9 Å². The van der Waals surface area contributed by atoms with Crippen LogP contribution in [0.4, 0.5) is 4.39 Å². The third kappa shape index (κ3) is 4.55. The third-order valence-corrected chi connectivity index (χ3v) is 5.79. The molecular weight excluding hydrogens is 379 g/mol. The molecule has 0 unspecified atom stereocenters. The fourth-order valence-corrected chi connectivity index (χ4v) is 4.28. The Bertz CT molecular complexity index is 931. The number of rotatable bonds is 4. The van der Waals surface area contributed by atoms with Crippen LogP contribution in [0.5, 0.6) is 0 Å². The van der Waals surface area contributed by atoms with Crippen molar-refractivity contribution in [3.8, 4) is 11.1 Å². The zero-order valence-electron chi connectivity index (χ0n) is 18.5. The average Bonchev–Trinajstić information content (AvgIpc) is 3.11. The Morgan fingerprint density at radius 3 is 2.33 bits per heavy atom. The van der Waals surface area contributed by atoms with Gasteiger partial charge in [0.1, 0.15) is 5.82 Å². The lowest BCUT2D eigenvalue weighted by Crippen LogP contribution is -2.46. The molecule has 0 N–H and O–H groups in total. The topological polar surface area (TPSA) is 40.6 Å². The van der Waals surface area contributed by atoms with Gasteiger partial charge in [0.15, 0.2) is 0 Å². The van der Waals surface area contributed by atoms with Crippen molar-refractivity contribution in [3.63, 3.8) is 0 Å². The van der Waals surface area contributed by atoms with Crippen LogP contribution in [0.3, 0.4) is 0 Å². The van der Waals surface area contributed by atoms with E-state index in [-0.39, 0.29) is 17.6 Å². The van der Waals surface area contributed by atoms with Crippen molar-refractivity contribution in [1.29, 1.82) is 0 Å². The molecule has 1 aliphatic heterocycles. The minimum absolute atomic E-state index is 0.0545. The maximum absolute atomic E-state index is 13.3. The molecule has 0 aliphatic carbocycles. The lowest BCUT2D eigenvalue weighted by Gasteiger charge is -2.32. The summed E-state index contributed by atoms with van der Waals surface area (Å²) in [6.45, 7) is 6.76. The highest BCUT2D eigenvalue weighted by Gasteiger charge is 2.48. The van der Waals surface area contributed by atoms with Crippen LogP contribution in [0.25, 0.3) is 11.1 Å². The van der Waals surface area contributed by atoms with Crippen molar-refractivity contribution >= 4 is 11.8 Å². The van der Waals surface area contributed by atoms with Gasteiger partial charge in [0.05, 0.1) is 5.41 Å².